The summed E-state index contributed by atoms with van der Waals surface area (Å²) in [7, 11) is 0. The molecule has 140 valence electrons. The fraction of sp³-hybridized carbons (Fsp3) is 0.0400. The summed E-state index contributed by atoms with van der Waals surface area (Å²) in [4.78, 5) is 21.1. The molecule has 29 heavy (non-hydrogen) atoms. The van der Waals surface area contributed by atoms with Crippen molar-refractivity contribution < 1.29 is 9.53 Å². The van der Waals surface area contributed by atoms with Crippen molar-refractivity contribution in [1.82, 2.24) is 4.98 Å². The van der Waals surface area contributed by atoms with Crippen LogP contribution in [-0.4, -0.2) is 17.2 Å². The van der Waals surface area contributed by atoms with Crippen molar-refractivity contribution in [2.45, 2.75) is 6.61 Å². The second-order valence-corrected chi connectivity index (χ2v) is 6.88. The maximum atomic E-state index is 13.3. The largest absolute Gasteiger partial charge is 0.457 e. The summed E-state index contributed by atoms with van der Waals surface area (Å²) in [6, 6.07) is 25.5. The molecule has 1 aliphatic rings. The van der Waals surface area contributed by atoms with E-state index in [0.717, 1.165) is 33.2 Å². The number of aromatic amines is 1. The molecule has 0 aliphatic carbocycles. The zero-order valence-corrected chi connectivity index (χ0v) is 15.6. The zero-order chi connectivity index (χ0) is 19.6. The molecule has 0 atom stereocenters. The number of carbonyl (C=O) groups is 1. The van der Waals surface area contributed by atoms with Gasteiger partial charge in [-0.05, 0) is 10.9 Å². The average Bonchev–Trinajstić information content (AvgIpc) is 3.39. The summed E-state index contributed by atoms with van der Waals surface area (Å²) in [6.45, 7) is 0.209. The highest BCUT2D eigenvalue weighted by Crippen LogP contribution is 2.36. The number of aliphatic imine (C=N–C) groups is 1. The third-order valence-electron chi connectivity index (χ3n) is 5.05. The van der Waals surface area contributed by atoms with Crippen LogP contribution < -0.4 is 0 Å². The summed E-state index contributed by atoms with van der Waals surface area (Å²) in [5, 5.41) is 2.00. The normalized spacial score (nSPS) is 14.1. The molecular weight excluding hydrogens is 360 g/mol. The molecule has 0 unspecified atom stereocenters. The number of fused-ring (bicyclic) bond motifs is 2. The van der Waals surface area contributed by atoms with E-state index < -0.39 is 5.97 Å². The van der Waals surface area contributed by atoms with Crippen LogP contribution in [0.4, 0.5) is 0 Å². The number of esters is 1. The van der Waals surface area contributed by atoms with Gasteiger partial charge in [0.15, 0.2) is 0 Å². The molecule has 4 nitrogen and oxygen atoms in total. The molecule has 0 saturated heterocycles. The molecule has 2 heterocycles. The SMILES string of the molecule is O=C(OCc1ccccc1)/C(=C1/N=Cc2ccccc21)c1[nH]cc2ccccc12. The van der Waals surface area contributed by atoms with Crippen LogP contribution >= 0.6 is 0 Å². The van der Waals surface area contributed by atoms with Crippen LogP contribution in [0.25, 0.3) is 22.0 Å². The van der Waals surface area contributed by atoms with E-state index in [9.17, 15) is 4.79 Å². The lowest BCUT2D eigenvalue weighted by molar-refractivity contribution is -0.137. The number of hydrogen-bond donors (Lipinski definition) is 1. The number of nitrogens with one attached hydrogen (secondary N) is 1. The number of ether oxygens (including phenoxy) is 1. The maximum absolute atomic E-state index is 13.3. The monoisotopic (exact) mass is 378 g/mol. The van der Waals surface area contributed by atoms with Gasteiger partial charge in [-0.15, -0.1) is 0 Å². The lowest BCUT2D eigenvalue weighted by Gasteiger charge is -2.11. The number of nitrogens with zero attached hydrogens (tertiary/aromatic N) is 1. The summed E-state index contributed by atoms with van der Waals surface area (Å²) in [5.74, 6) is -0.398. The van der Waals surface area contributed by atoms with E-state index in [4.69, 9.17) is 4.74 Å². The fourth-order valence-electron chi connectivity index (χ4n) is 3.63. The summed E-state index contributed by atoms with van der Waals surface area (Å²) in [6.07, 6.45) is 3.69. The van der Waals surface area contributed by atoms with Crippen molar-refractivity contribution in [2.24, 2.45) is 4.99 Å². The highest BCUT2D eigenvalue weighted by molar-refractivity contribution is 6.28. The quantitative estimate of drug-likeness (QED) is 0.391. The summed E-state index contributed by atoms with van der Waals surface area (Å²) in [5.41, 5.74) is 4.67. The lowest BCUT2D eigenvalue weighted by atomic mass is 10.00. The van der Waals surface area contributed by atoms with Gasteiger partial charge in [0.25, 0.3) is 0 Å². The van der Waals surface area contributed by atoms with Gasteiger partial charge < -0.3 is 9.72 Å². The molecular formula is C25H18N2O2. The van der Waals surface area contributed by atoms with Crippen LogP contribution in [0.15, 0.2) is 90.1 Å². The molecule has 0 saturated carbocycles. The van der Waals surface area contributed by atoms with E-state index in [1.807, 2.05) is 85.1 Å². The first-order valence-corrected chi connectivity index (χ1v) is 9.46. The van der Waals surface area contributed by atoms with Crippen molar-refractivity contribution in [3.8, 4) is 0 Å². The van der Waals surface area contributed by atoms with Gasteiger partial charge >= 0.3 is 5.97 Å². The number of hydrogen-bond acceptors (Lipinski definition) is 3. The van der Waals surface area contributed by atoms with Crippen LogP contribution in [0.1, 0.15) is 22.4 Å². The fourth-order valence-corrected chi connectivity index (χ4v) is 3.63. The van der Waals surface area contributed by atoms with Crippen molar-refractivity contribution in [3.63, 3.8) is 0 Å². The van der Waals surface area contributed by atoms with E-state index in [2.05, 4.69) is 9.98 Å². The van der Waals surface area contributed by atoms with Gasteiger partial charge in [-0.3, -0.25) is 4.99 Å². The average molecular weight is 378 g/mol. The van der Waals surface area contributed by atoms with E-state index in [1.165, 1.54) is 0 Å². The molecule has 0 spiro atoms. The van der Waals surface area contributed by atoms with Gasteiger partial charge in [-0.25, -0.2) is 4.79 Å². The van der Waals surface area contributed by atoms with Gasteiger partial charge in [0, 0.05) is 28.9 Å². The molecule has 4 aromatic rings. The molecule has 1 N–H and O–H groups in total. The lowest BCUT2D eigenvalue weighted by Crippen LogP contribution is -2.09. The molecule has 4 heteroatoms. The minimum Gasteiger partial charge on any atom is -0.457 e. The van der Waals surface area contributed by atoms with Crippen molar-refractivity contribution >= 4 is 34.2 Å². The van der Waals surface area contributed by atoms with Crippen LogP contribution in [-0.2, 0) is 16.1 Å². The Balaban J connectivity index is 1.62. The zero-order valence-electron chi connectivity index (χ0n) is 15.6. The first kappa shape index (κ1) is 17.2. The number of rotatable bonds is 4. The van der Waals surface area contributed by atoms with Gasteiger partial charge in [-0.2, -0.15) is 0 Å². The van der Waals surface area contributed by atoms with Crippen LogP contribution in [0.5, 0.6) is 0 Å². The van der Waals surface area contributed by atoms with E-state index in [-0.39, 0.29) is 6.61 Å². The minimum atomic E-state index is -0.398. The van der Waals surface area contributed by atoms with Crippen molar-refractivity contribution in [3.05, 3.63) is 107 Å². The molecule has 0 amide bonds. The summed E-state index contributed by atoms with van der Waals surface area (Å²) < 4.78 is 5.70. The van der Waals surface area contributed by atoms with Crippen LogP contribution in [0, 0.1) is 0 Å². The maximum Gasteiger partial charge on any atom is 0.342 e. The van der Waals surface area contributed by atoms with Crippen LogP contribution in [0.2, 0.25) is 0 Å². The molecule has 0 radical (unpaired) electrons. The highest BCUT2D eigenvalue weighted by Gasteiger charge is 2.26. The molecule has 3 aromatic carbocycles. The predicted octanol–water partition coefficient (Wildman–Crippen LogP) is 5.21. The molecule has 1 aromatic heterocycles. The molecule has 0 fully saturated rings. The Bertz CT molecular complexity index is 1270. The number of carbonyl (C=O) groups excluding carboxylic acids is 1. The van der Waals surface area contributed by atoms with Gasteiger partial charge in [0.2, 0.25) is 0 Å². The predicted molar refractivity (Wildman–Crippen MR) is 115 cm³/mol. The Labute approximate surface area is 168 Å². The second kappa shape index (κ2) is 7.24. The Kier molecular flexibility index (Phi) is 4.30. The smallest absolute Gasteiger partial charge is 0.342 e. The topological polar surface area (TPSA) is 54.4 Å². The molecule has 5 rings (SSSR count). The standard InChI is InChI=1S/C25H18N2O2/c28-25(29-16-17-8-2-1-3-9-17)22(23-20-12-6-4-10-18(20)14-26-23)24-21-13-7-5-11-19(21)15-27-24/h1-15,26H,16H2/b24-22+. The van der Waals surface area contributed by atoms with E-state index >= 15 is 0 Å². The Morgan fingerprint density at radius 3 is 2.55 bits per heavy atom. The second-order valence-electron chi connectivity index (χ2n) is 6.88. The number of aromatic nitrogens is 1. The number of benzene rings is 3. The van der Waals surface area contributed by atoms with Gasteiger partial charge in [-0.1, -0.05) is 78.9 Å². The van der Waals surface area contributed by atoms with Crippen LogP contribution in [0.3, 0.4) is 0 Å². The van der Waals surface area contributed by atoms with Gasteiger partial charge in [0.05, 0.1) is 11.4 Å². The minimum absolute atomic E-state index is 0.209. The highest BCUT2D eigenvalue weighted by atomic mass is 16.5. The van der Waals surface area contributed by atoms with Gasteiger partial charge in [0.1, 0.15) is 12.2 Å². The number of H-pyrrole nitrogens is 1. The third kappa shape index (κ3) is 3.15. The third-order valence-corrected chi connectivity index (χ3v) is 5.05. The van der Waals surface area contributed by atoms with E-state index in [1.54, 1.807) is 6.21 Å². The first-order chi connectivity index (χ1) is 14.3. The Hall–Kier alpha value is -3.92. The van der Waals surface area contributed by atoms with Crippen molar-refractivity contribution in [2.75, 3.05) is 0 Å². The first-order valence-electron chi connectivity index (χ1n) is 9.46. The Morgan fingerprint density at radius 2 is 1.66 bits per heavy atom. The Morgan fingerprint density at radius 1 is 0.897 bits per heavy atom. The van der Waals surface area contributed by atoms with E-state index in [0.29, 0.717) is 11.3 Å². The summed E-state index contributed by atoms with van der Waals surface area (Å²) >= 11 is 0. The van der Waals surface area contributed by atoms with Crippen molar-refractivity contribution in [1.29, 1.82) is 0 Å². The molecule has 1 aliphatic heterocycles. The molecule has 0 bridgehead atoms.